The molecule has 2 heteroatoms. The number of pyridine rings is 1. The average Bonchev–Trinajstić information content (AvgIpc) is 3.62. The lowest BCUT2D eigenvalue weighted by Gasteiger charge is -2.22. The summed E-state index contributed by atoms with van der Waals surface area (Å²) in [6, 6.07) is 59.8. The van der Waals surface area contributed by atoms with E-state index in [1.807, 2.05) is 6.20 Å². The zero-order chi connectivity index (χ0) is 33.4. The van der Waals surface area contributed by atoms with Gasteiger partial charge in [0, 0.05) is 39.0 Å². The van der Waals surface area contributed by atoms with Gasteiger partial charge in [-0.1, -0.05) is 129 Å². The van der Waals surface area contributed by atoms with E-state index in [9.17, 15) is 0 Å². The Morgan fingerprint density at radius 2 is 1.00 bits per heavy atom. The van der Waals surface area contributed by atoms with Crippen LogP contribution in [0, 0.1) is 0 Å². The summed E-state index contributed by atoms with van der Waals surface area (Å²) in [6.07, 6.45) is 1.90. The van der Waals surface area contributed by atoms with Crippen molar-refractivity contribution in [2.75, 3.05) is 0 Å². The number of para-hydroxylation sites is 2. The zero-order valence-corrected chi connectivity index (χ0v) is 28.1. The van der Waals surface area contributed by atoms with Gasteiger partial charge in [0.15, 0.2) is 0 Å². The second-order valence-corrected chi connectivity index (χ2v) is 14.0. The van der Waals surface area contributed by atoms with Crippen molar-refractivity contribution in [3.63, 3.8) is 0 Å². The van der Waals surface area contributed by atoms with Gasteiger partial charge in [0.05, 0.1) is 16.7 Å². The molecule has 0 N–H and O–H groups in total. The largest absolute Gasteiger partial charge is 0.309 e. The molecule has 0 unspecified atom stereocenters. The van der Waals surface area contributed by atoms with Gasteiger partial charge in [-0.25, -0.2) is 0 Å². The molecule has 0 saturated heterocycles. The Hall–Kier alpha value is -6.25. The predicted octanol–water partition coefficient (Wildman–Crippen LogP) is 12.6. The summed E-state index contributed by atoms with van der Waals surface area (Å²) in [4.78, 5) is 4.74. The first kappa shape index (κ1) is 28.7. The molecule has 236 valence electrons. The van der Waals surface area contributed by atoms with Gasteiger partial charge in [0.1, 0.15) is 0 Å². The maximum Gasteiger partial charge on any atom is 0.0780 e. The van der Waals surface area contributed by atoms with Crippen LogP contribution in [0.5, 0.6) is 0 Å². The molecule has 0 amide bonds. The first-order valence-electron chi connectivity index (χ1n) is 17.4. The van der Waals surface area contributed by atoms with E-state index in [1.165, 1.54) is 82.8 Å². The second kappa shape index (κ2) is 10.9. The van der Waals surface area contributed by atoms with Gasteiger partial charge in [-0.3, -0.25) is 4.98 Å². The van der Waals surface area contributed by atoms with Crippen LogP contribution >= 0.6 is 0 Å². The molecule has 9 aromatic rings. The summed E-state index contributed by atoms with van der Waals surface area (Å²) >= 11 is 0. The first-order valence-corrected chi connectivity index (χ1v) is 17.4. The monoisotopic (exact) mass is 638 g/mol. The zero-order valence-electron chi connectivity index (χ0n) is 28.1. The third-order valence-corrected chi connectivity index (χ3v) is 10.9. The van der Waals surface area contributed by atoms with Crippen LogP contribution in [0.25, 0.3) is 82.9 Å². The van der Waals surface area contributed by atoms with Crippen molar-refractivity contribution in [3.8, 4) is 50.3 Å². The predicted molar refractivity (Wildman–Crippen MR) is 210 cm³/mol. The number of nitrogens with zero attached hydrogens (tertiary/aromatic N) is 2. The van der Waals surface area contributed by atoms with Gasteiger partial charge in [0.2, 0.25) is 0 Å². The summed E-state index contributed by atoms with van der Waals surface area (Å²) in [5.41, 5.74) is 16.0. The number of benzene rings is 7. The Kier molecular flexibility index (Phi) is 6.25. The van der Waals surface area contributed by atoms with Crippen molar-refractivity contribution in [1.29, 1.82) is 0 Å². The molecule has 0 atom stereocenters. The fourth-order valence-electron chi connectivity index (χ4n) is 8.27. The number of rotatable bonds is 4. The lowest BCUT2D eigenvalue weighted by molar-refractivity contribution is 0.661. The van der Waals surface area contributed by atoms with Crippen molar-refractivity contribution in [1.82, 2.24) is 9.55 Å². The highest BCUT2D eigenvalue weighted by molar-refractivity contribution is 6.10. The van der Waals surface area contributed by atoms with Crippen LogP contribution in [0.2, 0.25) is 0 Å². The van der Waals surface area contributed by atoms with Crippen LogP contribution < -0.4 is 0 Å². The summed E-state index contributed by atoms with van der Waals surface area (Å²) in [6.45, 7) is 4.74. The molecule has 0 bridgehead atoms. The summed E-state index contributed by atoms with van der Waals surface area (Å²) in [5.74, 6) is 0. The van der Waals surface area contributed by atoms with Crippen LogP contribution in [0.3, 0.4) is 0 Å². The molecule has 1 aliphatic carbocycles. The highest BCUT2D eigenvalue weighted by atomic mass is 15.0. The third kappa shape index (κ3) is 4.32. The quantitative estimate of drug-likeness (QED) is 0.188. The molecule has 0 aliphatic heterocycles. The van der Waals surface area contributed by atoms with Crippen molar-refractivity contribution in [2.24, 2.45) is 0 Å². The summed E-state index contributed by atoms with van der Waals surface area (Å²) in [5, 5.41) is 4.94. The Balaban J connectivity index is 1.01. The third-order valence-electron chi connectivity index (χ3n) is 10.9. The van der Waals surface area contributed by atoms with Crippen molar-refractivity contribution in [3.05, 3.63) is 181 Å². The smallest absolute Gasteiger partial charge is 0.0780 e. The van der Waals surface area contributed by atoms with Crippen LogP contribution in [0.1, 0.15) is 25.0 Å². The van der Waals surface area contributed by atoms with Gasteiger partial charge < -0.3 is 4.57 Å². The lowest BCUT2D eigenvalue weighted by Crippen LogP contribution is -2.15. The van der Waals surface area contributed by atoms with Crippen molar-refractivity contribution in [2.45, 2.75) is 19.3 Å². The Labute approximate surface area is 291 Å². The molecule has 2 aromatic heterocycles. The molecule has 0 fully saturated rings. The van der Waals surface area contributed by atoms with Gasteiger partial charge in [-0.05, 0) is 98.4 Å². The molecule has 2 nitrogen and oxygen atoms in total. The highest BCUT2D eigenvalue weighted by Crippen LogP contribution is 2.51. The Bertz CT molecular complexity index is 2760. The number of fused-ring (bicyclic) bond motifs is 7. The maximum absolute atomic E-state index is 4.74. The fourth-order valence-corrected chi connectivity index (χ4v) is 8.27. The van der Waals surface area contributed by atoms with Crippen LogP contribution in [0.4, 0.5) is 0 Å². The van der Waals surface area contributed by atoms with E-state index in [0.29, 0.717) is 0 Å². The normalized spacial score (nSPS) is 13.2. The summed E-state index contributed by atoms with van der Waals surface area (Å²) in [7, 11) is 0. The number of aromatic nitrogens is 2. The van der Waals surface area contributed by atoms with E-state index in [-0.39, 0.29) is 5.41 Å². The highest BCUT2D eigenvalue weighted by Gasteiger charge is 2.36. The van der Waals surface area contributed by atoms with Gasteiger partial charge in [-0.2, -0.15) is 0 Å². The molecule has 7 aromatic carbocycles. The maximum atomic E-state index is 4.74. The molecule has 0 radical (unpaired) electrons. The van der Waals surface area contributed by atoms with Gasteiger partial charge in [-0.15, -0.1) is 0 Å². The van der Waals surface area contributed by atoms with Crippen molar-refractivity contribution >= 4 is 32.6 Å². The van der Waals surface area contributed by atoms with Crippen LogP contribution in [-0.4, -0.2) is 9.55 Å². The van der Waals surface area contributed by atoms with Gasteiger partial charge >= 0.3 is 0 Å². The Morgan fingerprint density at radius 3 is 1.76 bits per heavy atom. The van der Waals surface area contributed by atoms with E-state index in [1.54, 1.807) is 0 Å². The topological polar surface area (TPSA) is 17.8 Å². The molecule has 2 heterocycles. The minimum atomic E-state index is -0.128. The Morgan fingerprint density at radius 1 is 0.440 bits per heavy atom. The molecule has 50 heavy (non-hydrogen) atoms. The molecule has 0 saturated carbocycles. The van der Waals surface area contributed by atoms with E-state index in [2.05, 4.69) is 182 Å². The summed E-state index contributed by atoms with van der Waals surface area (Å²) < 4.78 is 2.38. The molecule has 1 aliphatic rings. The number of hydrogen-bond acceptors (Lipinski definition) is 1. The van der Waals surface area contributed by atoms with Gasteiger partial charge in [0.25, 0.3) is 0 Å². The minimum Gasteiger partial charge on any atom is -0.309 e. The fraction of sp³-hybridized carbons (Fsp3) is 0.0625. The van der Waals surface area contributed by atoms with Crippen LogP contribution in [-0.2, 0) is 5.41 Å². The van der Waals surface area contributed by atoms with E-state index < -0.39 is 0 Å². The SMILES string of the molecule is CC1(C)c2cc(-c3ccc(-c4nccc5ccccc45)cc3)ccc2-c2ccc(-c3ccc4c(c3)c3ccccc3n4-c3ccccc3)cc21. The molecule has 10 rings (SSSR count). The van der Waals surface area contributed by atoms with E-state index in [0.717, 1.165) is 11.3 Å². The lowest BCUT2D eigenvalue weighted by atomic mass is 9.80. The second-order valence-electron chi connectivity index (χ2n) is 14.0. The minimum absolute atomic E-state index is 0.128. The van der Waals surface area contributed by atoms with E-state index in [4.69, 9.17) is 4.98 Å². The van der Waals surface area contributed by atoms with E-state index >= 15 is 0 Å². The number of hydrogen-bond donors (Lipinski definition) is 0. The van der Waals surface area contributed by atoms with Crippen LogP contribution in [0.15, 0.2) is 170 Å². The molecule has 0 spiro atoms. The average molecular weight is 639 g/mol. The molecular formula is C48H34N2. The van der Waals surface area contributed by atoms with Crippen molar-refractivity contribution < 1.29 is 0 Å². The first-order chi connectivity index (χ1) is 24.5. The standard InChI is InChI=1S/C48H34N2/c1-48(2)43-29-35(31-16-18-33(19-17-31)47-38-13-7-6-10-32(38)26-27-49-47)20-23-39(43)40-24-21-36(30-44(40)48)34-22-25-46-42(28-34)41-14-8-9-15-45(41)50(46)37-11-4-3-5-12-37/h3-30H,1-2H3. The molecular weight excluding hydrogens is 605 g/mol.